The Balaban J connectivity index is 1.49. The third-order valence-electron chi connectivity index (χ3n) is 5.77. The Morgan fingerprint density at radius 3 is 2.66 bits per heavy atom. The van der Waals surface area contributed by atoms with Gasteiger partial charge in [-0.25, -0.2) is 4.98 Å². The molecule has 32 heavy (non-hydrogen) atoms. The summed E-state index contributed by atoms with van der Waals surface area (Å²) in [6.45, 7) is 9.97. The lowest BCUT2D eigenvalue weighted by molar-refractivity contribution is 0.102. The van der Waals surface area contributed by atoms with Gasteiger partial charge < -0.3 is 19.9 Å². The molecule has 5 rings (SSSR count). The van der Waals surface area contributed by atoms with E-state index in [9.17, 15) is 4.79 Å². The summed E-state index contributed by atoms with van der Waals surface area (Å²) >= 11 is 0. The van der Waals surface area contributed by atoms with Crippen LogP contribution >= 0.6 is 0 Å². The third kappa shape index (κ3) is 3.64. The van der Waals surface area contributed by atoms with Gasteiger partial charge >= 0.3 is 0 Å². The van der Waals surface area contributed by atoms with E-state index < -0.39 is 0 Å². The maximum Gasteiger partial charge on any atom is 0.259 e. The van der Waals surface area contributed by atoms with E-state index in [-0.39, 0.29) is 5.91 Å². The molecular formula is C23H26N8O. The summed E-state index contributed by atoms with van der Waals surface area (Å²) in [4.78, 5) is 24.5. The number of anilines is 2. The average Bonchev–Trinajstić information content (AvgIpc) is 3.14. The number of imidazole rings is 1. The van der Waals surface area contributed by atoms with Crippen molar-refractivity contribution in [3.05, 3.63) is 53.7 Å². The van der Waals surface area contributed by atoms with Crippen LogP contribution in [0.4, 0.5) is 11.5 Å². The van der Waals surface area contributed by atoms with Gasteiger partial charge in [0.15, 0.2) is 11.5 Å². The Hall–Kier alpha value is -3.59. The number of rotatable bonds is 3. The highest BCUT2D eigenvalue weighted by atomic mass is 16.1. The number of hydrogen-bond donors (Lipinski definition) is 2. The maximum atomic E-state index is 13.2. The minimum absolute atomic E-state index is 0.269. The molecule has 1 aliphatic heterocycles. The van der Waals surface area contributed by atoms with Crippen molar-refractivity contribution in [2.75, 3.05) is 23.3 Å². The van der Waals surface area contributed by atoms with Crippen LogP contribution in [-0.4, -0.2) is 55.6 Å². The Kier molecular flexibility index (Phi) is 4.97. The van der Waals surface area contributed by atoms with Crippen molar-refractivity contribution in [1.82, 2.24) is 29.9 Å². The topological polar surface area (TPSA) is 100 Å². The lowest BCUT2D eigenvalue weighted by atomic mass is 10.0. The number of piperazine rings is 1. The molecule has 1 fully saturated rings. The number of hydrogen-bond acceptors (Lipinski definition) is 7. The van der Waals surface area contributed by atoms with Crippen molar-refractivity contribution in [3.8, 4) is 0 Å². The SMILES string of the molecule is Cc1cn2cc(NC(=O)c3ccc(N4C[C@@H](C)N[C@H](C)C4)c4ccnnc34)nc2c(C)n1. The molecule has 3 aromatic heterocycles. The second-order valence-corrected chi connectivity index (χ2v) is 8.58. The predicted octanol–water partition coefficient (Wildman–Crippen LogP) is 2.73. The van der Waals surface area contributed by atoms with E-state index in [2.05, 4.69) is 49.5 Å². The minimum Gasteiger partial charge on any atom is -0.368 e. The van der Waals surface area contributed by atoms with Crippen molar-refractivity contribution >= 4 is 34.0 Å². The van der Waals surface area contributed by atoms with Gasteiger partial charge in [-0.15, -0.1) is 5.10 Å². The number of aryl methyl sites for hydroxylation is 2. The second kappa shape index (κ2) is 7.83. The molecule has 1 amide bonds. The van der Waals surface area contributed by atoms with Gasteiger partial charge in [-0.05, 0) is 45.9 Å². The molecule has 164 valence electrons. The quantitative estimate of drug-likeness (QED) is 0.515. The molecule has 0 radical (unpaired) electrons. The summed E-state index contributed by atoms with van der Waals surface area (Å²) in [6.07, 6.45) is 5.35. The van der Waals surface area contributed by atoms with Gasteiger partial charge in [0.25, 0.3) is 5.91 Å². The lowest BCUT2D eigenvalue weighted by Gasteiger charge is -2.38. The summed E-state index contributed by atoms with van der Waals surface area (Å²) in [5.41, 5.74) is 4.53. The molecular weight excluding hydrogens is 404 g/mol. The number of carbonyl (C=O) groups excluding carboxylic acids is 1. The maximum absolute atomic E-state index is 13.2. The van der Waals surface area contributed by atoms with Crippen molar-refractivity contribution < 1.29 is 4.79 Å². The van der Waals surface area contributed by atoms with Crippen LogP contribution in [0.2, 0.25) is 0 Å². The molecule has 0 bridgehead atoms. The van der Waals surface area contributed by atoms with Crippen molar-refractivity contribution in [2.24, 2.45) is 0 Å². The molecule has 0 aliphatic carbocycles. The zero-order valence-corrected chi connectivity index (χ0v) is 18.6. The first-order valence-corrected chi connectivity index (χ1v) is 10.8. The molecule has 1 saturated heterocycles. The van der Waals surface area contributed by atoms with Crippen LogP contribution in [0.25, 0.3) is 16.6 Å². The molecule has 4 aromatic rings. The van der Waals surface area contributed by atoms with Crippen LogP contribution in [0.15, 0.2) is 36.8 Å². The number of aromatic nitrogens is 5. The molecule has 2 N–H and O–H groups in total. The molecule has 1 aliphatic rings. The van der Waals surface area contributed by atoms with Gasteiger partial charge in [0.2, 0.25) is 0 Å². The van der Waals surface area contributed by atoms with Gasteiger partial charge in [-0.2, -0.15) is 5.10 Å². The molecule has 0 unspecified atom stereocenters. The van der Waals surface area contributed by atoms with E-state index in [1.54, 1.807) is 12.4 Å². The fourth-order valence-electron chi connectivity index (χ4n) is 4.60. The van der Waals surface area contributed by atoms with Crippen LogP contribution in [0, 0.1) is 13.8 Å². The van der Waals surface area contributed by atoms with Gasteiger partial charge in [0.05, 0.1) is 29.3 Å². The molecule has 0 saturated carbocycles. The molecule has 0 spiro atoms. The van der Waals surface area contributed by atoms with Gasteiger partial charge in [0.1, 0.15) is 5.52 Å². The highest BCUT2D eigenvalue weighted by molar-refractivity contribution is 6.13. The first-order valence-electron chi connectivity index (χ1n) is 10.8. The van der Waals surface area contributed by atoms with Gasteiger partial charge in [-0.3, -0.25) is 9.78 Å². The third-order valence-corrected chi connectivity index (χ3v) is 5.77. The van der Waals surface area contributed by atoms with Gasteiger partial charge in [-0.1, -0.05) is 0 Å². The molecule has 1 aromatic carbocycles. The highest BCUT2D eigenvalue weighted by Gasteiger charge is 2.24. The van der Waals surface area contributed by atoms with Crippen molar-refractivity contribution in [2.45, 2.75) is 39.8 Å². The number of benzene rings is 1. The number of amides is 1. The summed E-state index contributed by atoms with van der Waals surface area (Å²) in [6, 6.07) is 6.51. The Morgan fingerprint density at radius 1 is 1.09 bits per heavy atom. The summed E-state index contributed by atoms with van der Waals surface area (Å²) in [5, 5.41) is 15.7. The number of nitrogens with one attached hydrogen (secondary N) is 2. The summed E-state index contributed by atoms with van der Waals surface area (Å²) in [5.74, 6) is 0.200. The Labute approximate surface area is 185 Å². The monoisotopic (exact) mass is 430 g/mol. The predicted molar refractivity (Wildman–Crippen MR) is 124 cm³/mol. The Morgan fingerprint density at radius 2 is 1.88 bits per heavy atom. The van der Waals surface area contributed by atoms with E-state index in [0.717, 1.165) is 35.6 Å². The second-order valence-electron chi connectivity index (χ2n) is 8.58. The first kappa shape index (κ1) is 20.3. The summed E-state index contributed by atoms with van der Waals surface area (Å²) < 4.78 is 1.88. The van der Waals surface area contributed by atoms with Crippen LogP contribution < -0.4 is 15.5 Å². The standard InChI is InChI=1S/C23H26N8O/c1-13-9-30(10-14(2)25-13)19-6-5-18(21-17(19)7-8-24-29-21)23(32)28-20-12-31-11-15(3)26-16(4)22(31)27-20/h5-8,11-14,25H,9-10H2,1-4H3,(H,28,32)/t13-,14-/m1/s1. The Bertz CT molecular complexity index is 1320. The number of fused-ring (bicyclic) bond motifs is 2. The zero-order chi connectivity index (χ0) is 22.4. The fraction of sp³-hybridized carbons (Fsp3) is 0.348. The van der Waals surface area contributed by atoms with E-state index in [1.165, 1.54) is 0 Å². The van der Waals surface area contributed by atoms with Gasteiger partial charge in [0, 0.05) is 42.4 Å². The first-order chi connectivity index (χ1) is 15.4. The van der Waals surface area contributed by atoms with Crippen LogP contribution in [-0.2, 0) is 0 Å². The minimum atomic E-state index is -0.269. The molecule has 9 nitrogen and oxygen atoms in total. The smallest absolute Gasteiger partial charge is 0.259 e. The number of nitrogens with zero attached hydrogens (tertiary/aromatic N) is 6. The molecule has 9 heteroatoms. The van der Waals surface area contributed by atoms with Crippen molar-refractivity contribution in [3.63, 3.8) is 0 Å². The van der Waals surface area contributed by atoms with Crippen LogP contribution in [0.5, 0.6) is 0 Å². The largest absolute Gasteiger partial charge is 0.368 e. The number of carbonyl (C=O) groups is 1. The van der Waals surface area contributed by atoms with Crippen molar-refractivity contribution in [1.29, 1.82) is 0 Å². The van der Waals surface area contributed by atoms with Crippen LogP contribution in [0.1, 0.15) is 35.6 Å². The normalized spacial score (nSPS) is 18.9. The van der Waals surface area contributed by atoms with E-state index in [1.807, 2.05) is 42.6 Å². The fourth-order valence-corrected chi connectivity index (χ4v) is 4.60. The van der Waals surface area contributed by atoms with E-state index in [4.69, 9.17) is 0 Å². The van der Waals surface area contributed by atoms with E-state index in [0.29, 0.717) is 34.6 Å². The summed E-state index contributed by atoms with van der Waals surface area (Å²) in [7, 11) is 0. The highest BCUT2D eigenvalue weighted by Crippen LogP contribution is 2.29. The van der Waals surface area contributed by atoms with E-state index >= 15 is 0 Å². The lowest BCUT2D eigenvalue weighted by Crippen LogP contribution is -2.54. The zero-order valence-electron chi connectivity index (χ0n) is 18.6. The molecule has 2 atom stereocenters. The van der Waals surface area contributed by atoms with Crippen LogP contribution in [0.3, 0.4) is 0 Å². The average molecular weight is 431 g/mol. The molecule has 4 heterocycles.